The Morgan fingerprint density at radius 2 is 0.745 bits per heavy atom. The van der Waals surface area contributed by atoms with Gasteiger partial charge in [-0.05, 0) is 89.6 Å². The van der Waals surface area contributed by atoms with Crippen LogP contribution in [0.3, 0.4) is 0 Å². The second kappa shape index (κ2) is 25.2. The van der Waals surface area contributed by atoms with Gasteiger partial charge in [-0.3, -0.25) is 0 Å². The van der Waals surface area contributed by atoms with Gasteiger partial charge in [0.15, 0.2) is 0 Å². The standard InChI is InChI=1S/C46H69Br/c1-4-7-10-12-14-16-18-20-22-24-27-43-38-46(47)44(28-25-23-21-19-17-15-13-11-8-5-2)37-45(43)42-35-33-41(34-36-42)40-31-29-39(30-32-40)26-9-6-3/h29-38H,4-28H2,1-3H3. The van der Waals surface area contributed by atoms with Crippen LogP contribution in [0.5, 0.6) is 0 Å². The Bertz CT molecular complexity index is 1190. The molecule has 0 aliphatic heterocycles. The first-order chi connectivity index (χ1) is 23.2. The molecule has 0 aromatic heterocycles. The molecule has 0 heterocycles. The molecule has 0 aliphatic carbocycles. The van der Waals surface area contributed by atoms with E-state index in [2.05, 4.69) is 97.4 Å². The van der Waals surface area contributed by atoms with Crippen molar-refractivity contribution in [2.75, 3.05) is 0 Å². The summed E-state index contributed by atoms with van der Waals surface area (Å²) in [7, 11) is 0. The van der Waals surface area contributed by atoms with Gasteiger partial charge >= 0.3 is 0 Å². The van der Waals surface area contributed by atoms with Crippen LogP contribution in [-0.4, -0.2) is 0 Å². The van der Waals surface area contributed by atoms with E-state index in [1.54, 1.807) is 0 Å². The van der Waals surface area contributed by atoms with Crippen LogP contribution in [0, 0.1) is 0 Å². The Balaban J connectivity index is 1.60. The summed E-state index contributed by atoms with van der Waals surface area (Å²) < 4.78 is 1.32. The molecular formula is C46H69Br. The number of hydrogen-bond donors (Lipinski definition) is 0. The second-order valence-corrected chi connectivity index (χ2v) is 15.2. The fourth-order valence-electron chi connectivity index (χ4n) is 7.02. The number of hydrogen-bond acceptors (Lipinski definition) is 0. The largest absolute Gasteiger partial charge is 0.0654 e. The molecule has 0 amide bonds. The van der Waals surface area contributed by atoms with Crippen molar-refractivity contribution in [1.29, 1.82) is 0 Å². The van der Waals surface area contributed by atoms with E-state index in [1.165, 1.54) is 204 Å². The molecule has 3 rings (SSSR count). The van der Waals surface area contributed by atoms with E-state index in [1.807, 2.05) is 0 Å². The average Bonchev–Trinajstić information content (AvgIpc) is 3.10. The Kier molecular flexibility index (Phi) is 21.2. The predicted molar refractivity (Wildman–Crippen MR) is 215 cm³/mol. The Morgan fingerprint density at radius 1 is 0.362 bits per heavy atom. The van der Waals surface area contributed by atoms with E-state index in [0.29, 0.717) is 0 Å². The SMILES string of the molecule is CCCCCCCCCCCCc1cc(-c2ccc(-c3ccc(CCCC)cc3)cc2)c(CCCCCCCCCCCC)cc1Br. The number of halogens is 1. The number of aryl methyl sites for hydroxylation is 3. The maximum Gasteiger partial charge on any atom is 0.0210 e. The highest BCUT2D eigenvalue weighted by atomic mass is 79.9. The van der Waals surface area contributed by atoms with Crippen LogP contribution in [0.15, 0.2) is 65.1 Å². The van der Waals surface area contributed by atoms with Crippen molar-refractivity contribution in [3.05, 3.63) is 81.8 Å². The third kappa shape index (κ3) is 15.9. The van der Waals surface area contributed by atoms with Crippen molar-refractivity contribution >= 4 is 15.9 Å². The average molecular weight is 702 g/mol. The first kappa shape index (κ1) is 39.6. The van der Waals surface area contributed by atoms with Crippen LogP contribution in [0.4, 0.5) is 0 Å². The Hall–Kier alpha value is -1.86. The minimum atomic E-state index is 1.17. The van der Waals surface area contributed by atoms with Crippen LogP contribution in [0.2, 0.25) is 0 Å². The smallest absolute Gasteiger partial charge is 0.0210 e. The minimum Gasteiger partial charge on any atom is -0.0654 e. The van der Waals surface area contributed by atoms with Gasteiger partial charge in [0.1, 0.15) is 0 Å². The lowest BCUT2D eigenvalue weighted by Crippen LogP contribution is -1.97. The molecular weight excluding hydrogens is 632 g/mol. The summed E-state index contributed by atoms with van der Waals surface area (Å²) in [5, 5.41) is 0. The van der Waals surface area contributed by atoms with E-state index in [4.69, 9.17) is 0 Å². The number of benzene rings is 3. The van der Waals surface area contributed by atoms with Gasteiger partial charge in [0, 0.05) is 4.47 Å². The first-order valence-corrected chi connectivity index (χ1v) is 21.0. The summed E-state index contributed by atoms with van der Waals surface area (Å²) in [6.45, 7) is 6.88. The van der Waals surface area contributed by atoms with Crippen molar-refractivity contribution in [3.8, 4) is 22.3 Å². The highest BCUT2D eigenvalue weighted by molar-refractivity contribution is 9.10. The lowest BCUT2D eigenvalue weighted by molar-refractivity contribution is 0.556. The lowest BCUT2D eigenvalue weighted by atomic mass is 9.91. The summed E-state index contributed by atoms with van der Waals surface area (Å²) in [5.74, 6) is 0. The Labute approximate surface area is 300 Å². The van der Waals surface area contributed by atoms with Gasteiger partial charge in [0.05, 0.1) is 0 Å². The zero-order chi connectivity index (χ0) is 33.4. The van der Waals surface area contributed by atoms with E-state index >= 15 is 0 Å². The van der Waals surface area contributed by atoms with Crippen LogP contribution in [0.1, 0.15) is 179 Å². The fraction of sp³-hybridized carbons (Fsp3) is 0.609. The molecule has 3 aromatic carbocycles. The molecule has 0 radical (unpaired) electrons. The molecule has 0 spiro atoms. The highest BCUT2D eigenvalue weighted by Crippen LogP contribution is 2.34. The molecule has 3 aromatic rings. The molecule has 0 saturated carbocycles. The highest BCUT2D eigenvalue weighted by Gasteiger charge is 2.12. The fourth-order valence-corrected chi connectivity index (χ4v) is 7.61. The molecule has 0 unspecified atom stereocenters. The van der Waals surface area contributed by atoms with Crippen LogP contribution < -0.4 is 0 Å². The van der Waals surface area contributed by atoms with Gasteiger partial charge < -0.3 is 0 Å². The summed E-state index contributed by atoms with van der Waals surface area (Å²) in [6, 6.07) is 23.7. The first-order valence-electron chi connectivity index (χ1n) is 20.2. The molecule has 0 aliphatic rings. The van der Waals surface area contributed by atoms with Gasteiger partial charge in [0.25, 0.3) is 0 Å². The summed E-state index contributed by atoms with van der Waals surface area (Å²) in [4.78, 5) is 0. The van der Waals surface area contributed by atoms with E-state index in [0.717, 1.165) is 0 Å². The molecule has 0 nitrogen and oxygen atoms in total. The third-order valence-electron chi connectivity index (χ3n) is 10.2. The van der Waals surface area contributed by atoms with Crippen molar-refractivity contribution in [3.63, 3.8) is 0 Å². The van der Waals surface area contributed by atoms with Gasteiger partial charge in [-0.2, -0.15) is 0 Å². The Morgan fingerprint density at radius 3 is 1.21 bits per heavy atom. The van der Waals surface area contributed by atoms with E-state index in [9.17, 15) is 0 Å². The molecule has 0 saturated heterocycles. The molecule has 1 heteroatoms. The maximum atomic E-state index is 4.01. The molecule has 0 N–H and O–H groups in total. The van der Waals surface area contributed by atoms with Crippen molar-refractivity contribution in [2.24, 2.45) is 0 Å². The zero-order valence-corrected chi connectivity index (χ0v) is 32.4. The molecule has 260 valence electrons. The molecule has 0 fully saturated rings. The van der Waals surface area contributed by atoms with Crippen LogP contribution >= 0.6 is 15.9 Å². The van der Waals surface area contributed by atoms with Crippen LogP contribution in [-0.2, 0) is 19.3 Å². The van der Waals surface area contributed by atoms with E-state index < -0.39 is 0 Å². The predicted octanol–water partition coefficient (Wildman–Crippen LogP) is 16.1. The molecule has 0 bridgehead atoms. The molecule has 0 atom stereocenters. The van der Waals surface area contributed by atoms with Crippen molar-refractivity contribution in [1.82, 2.24) is 0 Å². The quantitative estimate of drug-likeness (QED) is 0.0694. The number of rotatable bonds is 27. The van der Waals surface area contributed by atoms with Gasteiger partial charge in [-0.25, -0.2) is 0 Å². The van der Waals surface area contributed by atoms with Crippen molar-refractivity contribution in [2.45, 2.75) is 181 Å². The summed E-state index contributed by atoms with van der Waals surface area (Å²) >= 11 is 4.01. The lowest BCUT2D eigenvalue weighted by Gasteiger charge is -2.16. The second-order valence-electron chi connectivity index (χ2n) is 14.3. The van der Waals surface area contributed by atoms with Gasteiger partial charge in [-0.1, -0.05) is 207 Å². The third-order valence-corrected chi connectivity index (χ3v) is 10.9. The topological polar surface area (TPSA) is 0 Å². The monoisotopic (exact) mass is 700 g/mol. The number of unbranched alkanes of at least 4 members (excludes halogenated alkanes) is 19. The summed E-state index contributed by atoms with van der Waals surface area (Å²) in [5.41, 5.74) is 9.90. The zero-order valence-electron chi connectivity index (χ0n) is 30.8. The summed E-state index contributed by atoms with van der Waals surface area (Å²) in [6.07, 6.45) is 33.8. The minimum absolute atomic E-state index is 1.17. The normalized spacial score (nSPS) is 11.4. The van der Waals surface area contributed by atoms with Gasteiger partial charge in [0.2, 0.25) is 0 Å². The van der Waals surface area contributed by atoms with Gasteiger partial charge in [-0.15, -0.1) is 0 Å². The molecule has 47 heavy (non-hydrogen) atoms. The van der Waals surface area contributed by atoms with Crippen LogP contribution in [0.25, 0.3) is 22.3 Å². The van der Waals surface area contributed by atoms with E-state index in [-0.39, 0.29) is 0 Å². The van der Waals surface area contributed by atoms with Crippen molar-refractivity contribution < 1.29 is 0 Å². The maximum absolute atomic E-state index is 4.01.